The predicted molar refractivity (Wildman–Crippen MR) is 92.0 cm³/mol. The molecule has 0 aliphatic rings. The summed E-state index contributed by atoms with van der Waals surface area (Å²) in [7, 11) is 0. The first-order valence-electron chi connectivity index (χ1n) is 8.08. The second-order valence-corrected chi connectivity index (χ2v) is 5.63. The first-order chi connectivity index (χ1) is 12.1. The van der Waals surface area contributed by atoms with Gasteiger partial charge in [0.25, 0.3) is 0 Å². The van der Waals surface area contributed by atoms with Gasteiger partial charge in [-0.3, -0.25) is 4.68 Å². The molecule has 0 bridgehead atoms. The highest BCUT2D eigenvalue weighted by molar-refractivity contribution is 5.89. The number of amides is 2. The number of nitrogens with one attached hydrogen (secondary N) is 2. The van der Waals surface area contributed by atoms with Gasteiger partial charge < -0.3 is 15.2 Å². The zero-order chi connectivity index (χ0) is 17.6. The van der Waals surface area contributed by atoms with Gasteiger partial charge in [-0.15, -0.1) is 0 Å². The van der Waals surface area contributed by atoms with Gasteiger partial charge in [-0.2, -0.15) is 10.1 Å². The minimum atomic E-state index is -0.311. The molecule has 8 nitrogen and oxygen atoms in total. The minimum Gasteiger partial charge on any atom is -0.340 e. The van der Waals surface area contributed by atoms with Crippen LogP contribution in [-0.4, -0.2) is 26.0 Å². The van der Waals surface area contributed by atoms with Crippen LogP contribution >= 0.6 is 0 Å². The van der Waals surface area contributed by atoms with Gasteiger partial charge in [-0.25, -0.2) is 4.79 Å². The fraction of sp³-hybridized carbons (Fsp3) is 0.294. The third-order valence-corrected chi connectivity index (χ3v) is 3.68. The van der Waals surface area contributed by atoms with Gasteiger partial charge in [0.1, 0.15) is 0 Å². The summed E-state index contributed by atoms with van der Waals surface area (Å²) in [6, 6.07) is 8.91. The average molecular weight is 340 g/mol. The molecule has 3 aromatic rings. The Morgan fingerprint density at radius 2 is 2.12 bits per heavy atom. The lowest BCUT2D eigenvalue weighted by molar-refractivity contribution is 0.247. The summed E-state index contributed by atoms with van der Waals surface area (Å²) < 4.78 is 6.80. The van der Waals surface area contributed by atoms with Crippen molar-refractivity contribution in [1.82, 2.24) is 25.2 Å². The van der Waals surface area contributed by atoms with Crippen LogP contribution in [0.2, 0.25) is 0 Å². The van der Waals surface area contributed by atoms with Gasteiger partial charge in [-0.05, 0) is 30.2 Å². The number of carbonyl (C=O) groups is 1. The van der Waals surface area contributed by atoms with Crippen molar-refractivity contribution in [2.75, 3.05) is 5.32 Å². The summed E-state index contributed by atoms with van der Waals surface area (Å²) in [6.07, 6.45) is 4.31. The topological polar surface area (TPSA) is 97.9 Å². The number of rotatable bonds is 6. The maximum Gasteiger partial charge on any atom is 0.319 e. The molecule has 0 aliphatic heterocycles. The van der Waals surface area contributed by atoms with Crippen molar-refractivity contribution in [3.63, 3.8) is 0 Å². The van der Waals surface area contributed by atoms with Crippen molar-refractivity contribution in [1.29, 1.82) is 0 Å². The van der Waals surface area contributed by atoms with Crippen molar-refractivity contribution >= 4 is 11.7 Å². The number of hydrogen-bond donors (Lipinski definition) is 2. The van der Waals surface area contributed by atoms with Crippen molar-refractivity contribution in [2.24, 2.45) is 0 Å². The monoisotopic (exact) mass is 340 g/mol. The summed E-state index contributed by atoms with van der Waals surface area (Å²) in [5.41, 5.74) is 1.81. The Kier molecular flexibility index (Phi) is 5.08. The molecule has 2 N–H and O–H groups in total. The van der Waals surface area contributed by atoms with Crippen LogP contribution in [0.1, 0.15) is 36.7 Å². The number of carbonyl (C=O) groups excluding carboxylic acids is 1. The van der Waals surface area contributed by atoms with E-state index in [1.807, 2.05) is 48.1 Å². The molecule has 2 aromatic heterocycles. The number of anilines is 1. The summed E-state index contributed by atoms with van der Waals surface area (Å²) in [4.78, 5) is 16.3. The highest BCUT2D eigenvalue weighted by atomic mass is 16.5. The van der Waals surface area contributed by atoms with Gasteiger partial charge >= 0.3 is 6.03 Å². The lowest BCUT2D eigenvalue weighted by Gasteiger charge is -2.14. The lowest BCUT2D eigenvalue weighted by Crippen LogP contribution is -2.32. The Hall–Kier alpha value is -3.16. The van der Waals surface area contributed by atoms with Gasteiger partial charge in [0.15, 0.2) is 5.82 Å². The predicted octanol–water partition coefficient (Wildman–Crippen LogP) is 2.90. The molecule has 1 aromatic carbocycles. The van der Waals surface area contributed by atoms with Gasteiger partial charge in [0.2, 0.25) is 5.89 Å². The molecule has 3 rings (SSSR count). The second-order valence-electron chi connectivity index (χ2n) is 5.63. The van der Waals surface area contributed by atoms with Crippen LogP contribution in [0.4, 0.5) is 10.5 Å². The molecule has 0 spiro atoms. The first-order valence-corrected chi connectivity index (χ1v) is 8.08. The molecule has 2 heterocycles. The van der Waals surface area contributed by atoms with E-state index < -0.39 is 0 Å². The van der Waals surface area contributed by atoms with E-state index in [1.165, 1.54) is 0 Å². The number of aromatic nitrogens is 4. The molecule has 25 heavy (non-hydrogen) atoms. The van der Waals surface area contributed by atoms with Crippen LogP contribution in [0.5, 0.6) is 0 Å². The number of hydrogen-bond acceptors (Lipinski definition) is 5. The van der Waals surface area contributed by atoms with E-state index in [0.717, 1.165) is 5.56 Å². The van der Waals surface area contributed by atoms with Crippen LogP contribution in [0.3, 0.4) is 0 Å². The van der Waals surface area contributed by atoms with Crippen LogP contribution < -0.4 is 10.6 Å². The van der Waals surface area contributed by atoms with E-state index in [4.69, 9.17) is 4.52 Å². The molecule has 0 fully saturated rings. The third-order valence-electron chi connectivity index (χ3n) is 3.68. The van der Waals surface area contributed by atoms with Crippen molar-refractivity contribution in [2.45, 2.75) is 32.9 Å². The van der Waals surface area contributed by atoms with E-state index in [2.05, 4.69) is 25.9 Å². The minimum absolute atomic E-state index is 0.295. The molecule has 8 heteroatoms. The fourth-order valence-corrected chi connectivity index (χ4v) is 2.41. The number of aryl methyl sites for hydroxylation is 1. The van der Waals surface area contributed by atoms with Crippen LogP contribution in [-0.2, 0) is 6.54 Å². The van der Waals surface area contributed by atoms with E-state index in [0.29, 0.717) is 30.4 Å². The van der Waals surface area contributed by atoms with Gasteiger partial charge in [-0.1, -0.05) is 24.2 Å². The highest BCUT2D eigenvalue weighted by Crippen LogP contribution is 2.14. The van der Waals surface area contributed by atoms with Crippen molar-refractivity contribution in [3.8, 4) is 0 Å². The zero-order valence-electron chi connectivity index (χ0n) is 14.1. The Balaban J connectivity index is 1.56. The molecule has 130 valence electrons. The van der Waals surface area contributed by atoms with Gasteiger partial charge in [0.05, 0.1) is 12.6 Å². The fourth-order valence-electron chi connectivity index (χ4n) is 2.41. The maximum atomic E-state index is 12.2. The molecule has 1 unspecified atom stereocenters. The van der Waals surface area contributed by atoms with Crippen molar-refractivity contribution < 1.29 is 9.32 Å². The van der Waals surface area contributed by atoms with Gasteiger partial charge in [0, 0.05) is 25.0 Å². The summed E-state index contributed by atoms with van der Waals surface area (Å²) in [6.45, 7) is 4.35. The maximum absolute atomic E-state index is 12.2. The largest absolute Gasteiger partial charge is 0.340 e. The molecule has 1 atom stereocenters. The summed E-state index contributed by atoms with van der Waals surface area (Å²) in [5, 5.41) is 13.7. The Morgan fingerprint density at radius 3 is 2.72 bits per heavy atom. The summed E-state index contributed by atoms with van der Waals surface area (Å²) >= 11 is 0. The molecule has 0 saturated heterocycles. The quantitative estimate of drug-likeness (QED) is 0.719. The van der Waals surface area contributed by atoms with Crippen LogP contribution in [0.25, 0.3) is 0 Å². The number of nitrogens with zero attached hydrogens (tertiary/aromatic N) is 4. The Labute approximate surface area is 145 Å². The number of urea groups is 1. The van der Waals surface area contributed by atoms with Crippen LogP contribution in [0, 0.1) is 6.92 Å². The standard InChI is InChI=1S/C17H20N6O2/c1-3-15(16-19-12(2)25-22-16)21-17(24)20-14-7-5-13(6-8-14)11-23-10-4-9-18-23/h4-10,15H,3,11H2,1-2H3,(H2,20,21,24). The van der Waals surface area contributed by atoms with E-state index in [9.17, 15) is 4.79 Å². The zero-order valence-corrected chi connectivity index (χ0v) is 14.1. The molecule has 0 radical (unpaired) electrons. The van der Waals surface area contributed by atoms with Crippen molar-refractivity contribution in [3.05, 3.63) is 60.0 Å². The van der Waals surface area contributed by atoms with E-state index >= 15 is 0 Å². The first kappa shape index (κ1) is 16.7. The Bertz CT molecular complexity index is 810. The average Bonchev–Trinajstić information content (AvgIpc) is 3.26. The lowest BCUT2D eigenvalue weighted by atomic mass is 10.2. The van der Waals surface area contributed by atoms with Crippen LogP contribution in [0.15, 0.2) is 47.2 Å². The molecular weight excluding hydrogens is 320 g/mol. The highest BCUT2D eigenvalue weighted by Gasteiger charge is 2.17. The number of benzene rings is 1. The second kappa shape index (κ2) is 7.61. The third kappa shape index (κ3) is 4.43. The normalized spacial score (nSPS) is 11.9. The summed E-state index contributed by atoms with van der Waals surface area (Å²) in [5.74, 6) is 0.952. The SMILES string of the molecule is CCC(NC(=O)Nc1ccc(Cn2cccn2)cc1)c1noc(C)n1. The molecular formula is C17H20N6O2. The smallest absolute Gasteiger partial charge is 0.319 e. The van der Waals surface area contributed by atoms with E-state index in [1.54, 1.807) is 13.1 Å². The Morgan fingerprint density at radius 1 is 1.32 bits per heavy atom. The molecule has 0 saturated carbocycles. The van der Waals surface area contributed by atoms with E-state index in [-0.39, 0.29) is 12.1 Å². The molecule has 2 amide bonds. The molecule has 0 aliphatic carbocycles.